The molecule has 0 radical (unpaired) electrons. The van der Waals surface area contributed by atoms with Gasteiger partial charge in [-0.25, -0.2) is 4.98 Å². The lowest BCUT2D eigenvalue weighted by atomic mass is 10.1. The highest BCUT2D eigenvalue weighted by molar-refractivity contribution is 6.31. The van der Waals surface area contributed by atoms with Crippen LogP contribution in [0.5, 0.6) is 0 Å². The van der Waals surface area contributed by atoms with E-state index in [-0.39, 0.29) is 11.7 Å². The fraction of sp³-hybridized carbons (Fsp3) is 0.182. The van der Waals surface area contributed by atoms with Crippen molar-refractivity contribution in [2.75, 3.05) is 0 Å². The Morgan fingerprint density at radius 3 is 2.61 bits per heavy atom. The number of nitrogens with zero attached hydrogens (tertiary/aromatic N) is 1. The smallest absolute Gasteiger partial charge is 0.289 e. The van der Waals surface area contributed by atoms with Gasteiger partial charge in [-0.3, -0.25) is 4.79 Å². The molecule has 2 aromatic carbocycles. The number of oxazole rings is 1. The summed E-state index contributed by atoms with van der Waals surface area (Å²) in [5.74, 6) is 0.418. The first-order valence-electron chi connectivity index (χ1n) is 9.02. The van der Waals surface area contributed by atoms with Crippen LogP contribution in [0.1, 0.15) is 33.3 Å². The van der Waals surface area contributed by atoms with Crippen LogP contribution < -0.4 is 5.32 Å². The van der Waals surface area contributed by atoms with Crippen LogP contribution in [0.3, 0.4) is 0 Å². The van der Waals surface area contributed by atoms with Crippen LogP contribution in [-0.2, 0) is 6.54 Å². The number of aryl methyl sites for hydroxylation is 3. The van der Waals surface area contributed by atoms with E-state index < -0.39 is 0 Å². The maximum Gasteiger partial charge on any atom is 0.289 e. The lowest BCUT2D eigenvalue weighted by Gasteiger charge is -2.07. The van der Waals surface area contributed by atoms with Gasteiger partial charge < -0.3 is 14.7 Å². The third-order valence-electron chi connectivity index (χ3n) is 4.83. The zero-order valence-electron chi connectivity index (χ0n) is 15.9. The number of aromatic amines is 1. The highest BCUT2D eigenvalue weighted by Crippen LogP contribution is 2.33. The van der Waals surface area contributed by atoms with Gasteiger partial charge in [0.15, 0.2) is 5.89 Å². The maximum atomic E-state index is 12.5. The van der Waals surface area contributed by atoms with Gasteiger partial charge in [0.1, 0.15) is 0 Å². The summed E-state index contributed by atoms with van der Waals surface area (Å²) in [7, 11) is 0. The van der Waals surface area contributed by atoms with Gasteiger partial charge in [-0.1, -0.05) is 41.9 Å². The minimum Gasteiger partial charge on any atom is -0.436 e. The van der Waals surface area contributed by atoms with Crippen molar-refractivity contribution in [3.63, 3.8) is 0 Å². The predicted octanol–water partition coefficient (Wildman–Crippen LogP) is 5.33. The molecule has 0 unspecified atom stereocenters. The van der Waals surface area contributed by atoms with Crippen LogP contribution in [0.25, 0.3) is 22.2 Å². The van der Waals surface area contributed by atoms with Crippen molar-refractivity contribution < 1.29 is 9.21 Å². The van der Waals surface area contributed by atoms with E-state index in [4.69, 9.17) is 16.0 Å². The summed E-state index contributed by atoms with van der Waals surface area (Å²) >= 11 is 6.36. The molecule has 0 saturated carbocycles. The van der Waals surface area contributed by atoms with Crippen molar-refractivity contribution in [3.8, 4) is 11.3 Å². The molecule has 142 valence electrons. The van der Waals surface area contributed by atoms with E-state index in [0.717, 1.165) is 33.3 Å². The number of H-pyrrole nitrogens is 1. The van der Waals surface area contributed by atoms with E-state index in [9.17, 15) is 4.79 Å². The lowest BCUT2D eigenvalue weighted by Crippen LogP contribution is -2.23. The highest BCUT2D eigenvalue weighted by Gasteiger charge is 2.18. The highest BCUT2D eigenvalue weighted by atomic mass is 35.5. The van der Waals surface area contributed by atoms with E-state index in [1.54, 1.807) is 13.8 Å². The number of hydrogen-bond donors (Lipinski definition) is 2. The Morgan fingerprint density at radius 1 is 1.18 bits per heavy atom. The van der Waals surface area contributed by atoms with Gasteiger partial charge in [0.25, 0.3) is 5.91 Å². The molecule has 0 aliphatic heterocycles. The molecule has 0 spiro atoms. The second kappa shape index (κ2) is 7.17. The van der Waals surface area contributed by atoms with Crippen LogP contribution in [0.2, 0.25) is 5.02 Å². The molecule has 0 bridgehead atoms. The largest absolute Gasteiger partial charge is 0.436 e. The van der Waals surface area contributed by atoms with Crippen molar-refractivity contribution in [2.24, 2.45) is 0 Å². The number of benzene rings is 2. The van der Waals surface area contributed by atoms with Crippen molar-refractivity contribution >= 4 is 28.4 Å². The summed E-state index contributed by atoms with van der Waals surface area (Å²) in [6.45, 7) is 5.87. The number of aromatic nitrogens is 2. The first-order chi connectivity index (χ1) is 13.4. The number of rotatable bonds is 4. The number of hydrogen-bond acceptors (Lipinski definition) is 3. The summed E-state index contributed by atoms with van der Waals surface area (Å²) in [5.41, 5.74) is 5.73. The van der Waals surface area contributed by atoms with Gasteiger partial charge in [0.2, 0.25) is 5.76 Å². The minimum absolute atomic E-state index is 0.239. The molecule has 2 heterocycles. The Bertz CT molecular complexity index is 1180. The fourth-order valence-corrected chi connectivity index (χ4v) is 3.73. The van der Waals surface area contributed by atoms with Crippen LogP contribution in [0, 0.1) is 20.8 Å². The number of amides is 1. The Balaban J connectivity index is 1.69. The summed E-state index contributed by atoms with van der Waals surface area (Å²) in [6.07, 6.45) is 0. The van der Waals surface area contributed by atoms with Gasteiger partial charge in [-0.05, 0) is 42.7 Å². The summed E-state index contributed by atoms with van der Waals surface area (Å²) in [4.78, 5) is 20.1. The second-order valence-corrected chi connectivity index (χ2v) is 7.25. The van der Waals surface area contributed by atoms with E-state index in [0.29, 0.717) is 23.2 Å². The molecule has 4 aromatic rings. The zero-order chi connectivity index (χ0) is 19.8. The number of halogens is 1. The van der Waals surface area contributed by atoms with E-state index in [1.165, 1.54) is 0 Å². The molecule has 4 rings (SSSR count). The average Bonchev–Trinajstić information content (AvgIpc) is 3.19. The zero-order valence-corrected chi connectivity index (χ0v) is 16.6. The normalized spacial score (nSPS) is 11.1. The summed E-state index contributed by atoms with van der Waals surface area (Å²) in [5, 5.41) is 4.58. The quantitative estimate of drug-likeness (QED) is 0.492. The molecule has 2 aromatic heterocycles. The summed E-state index contributed by atoms with van der Waals surface area (Å²) < 4.78 is 5.40. The predicted molar refractivity (Wildman–Crippen MR) is 111 cm³/mol. The van der Waals surface area contributed by atoms with E-state index in [1.807, 2.05) is 30.3 Å². The van der Waals surface area contributed by atoms with Crippen molar-refractivity contribution in [1.82, 2.24) is 15.3 Å². The number of carbonyl (C=O) groups excluding carboxylic acids is 1. The molecule has 28 heavy (non-hydrogen) atoms. The maximum absolute atomic E-state index is 12.5. The van der Waals surface area contributed by atoms with Gasteiger partial charge >= 0.3 is 0 Å². The minimum atomic E-state index is -0.294. The molecule has 5 nitrogen and oxygen atoms in total. The standard InChI is InChI=1S/C22H20ClN3O2/c1-12-18-10-17(23)9-16(11-24-22(27)21-13(2)25-14(3)28-21)20(18)26-19(12)15-7-5-4-6-8-15/h4-10,26H,11H2,1-3H3,(H,24,27). The molecular weight excluding hydrogens is 374 g/mol. The molecule has 0 fully saturated rings. The van der Waals surface area contributed by atoms with Gasteiger partial charge in [0, 0.05) is 29.6 Å². The monoisotopic (exact) mass is 393 g/mol. The third kappa shape index (κ3) is 3.29. The average molecular weight is 394 g/mol. The Hall–Kier alpha value is -3.05. The Morgan fingerprint density at radius 2 is 1.93 bits per heavy atom. The van der Waals surface area contributed by atoms with Crippen LogP contribution in [0.4, 0.5) is 0 Å². The molecule has 0 aliphatic rings. The van der Waals surface area contributed by atoms with Crippen molar-refractivity contribution in [1.29, 1.82) is 0 Å². The molecule has 2 N–H and O–H groups in total. The SMILES string of the molecule is Cc1nc(C)c(C(=O)NCc2cc(Cl)cc3c(C)c(-c4ccccc4)[nH]c23)o1. The van der Waals surface area contributed by atoms with Crippen LogP contribution >= 0.6 is 11.6 Å². The van der Waals surface area contributed by atoms with Gasteiger partial charge in [-0.2, -0.15) is 0 Å². The molecule has 1 amide bonds. The lowest BCUT2D eigenvalue weighted by molar-refractivity contribution is 0.0921. The van der Waals surface area contributed by atoms with Crippen molar-refractivity contribution in [2.45, 2.75) is 27.3 Å². The number of carbonyl (C=O) groups is 1. The Labute approximate surface area is 167 Å². The van der Waals surface area contributed by atoms with Crippen LogP contribution in [0.15, 0.2) is 46.9 Å². The number of fused-ring (bicyclic) bond motifs is 1. The number of nitrogens with one attached hydrogen (secondary N) is 2. The molecular formula is C22H20ClN3O2. The van der Waals surface area contributed by atoms with Gasteiger partial charge in [-0.15, -0.1) is 0 Å². The van der Waals surface area contributed by atoms with E-state index >= 15 is 0 Å². The first-order valence-corrected chi connectivity index (χ1v) is 9.40. The topological polar surface area (TPSA) is 70.9 Å². The third-order valence-corrected chi connectivity index (χ3v) is 5.04. The fourth-order valence-electron chi connectivity index (χ4n) is 3.49. The van der Waals surface area contributed by atoms with E-state index in [2.05, 4.69) is 34.3 Å². The Kier molecular flexibility index (Phi) is 4.69. The van der Waals surface area contributed by atoms with Crippen molar-refractivity contribution in [3.05, 3.63) is 76.0 Å². The molecule has 0 atom stereocenters. The first kappa shape index (κ1) is 18.3. The second-order valence-electron chi connectivity index (χ2n) is 6.81. The molecule has 6 heteroatoms. The van der Waals surface area contributed by atoms with Gasteiger partial charge in [0.05, 0.1) is 11.2 Å². The molecule has 0 aliphatic carbocycles. The summed E-state index contributed by atoms with van der Waals surface area (Å²) in [6, 6.07) is 14.0. The molecule has 0 saturated heterocycles. The van der Waals surface area contributed by atoms with Crippen LogP contribution in [-0.4, -0.2) is 15.9 Å².